The molecule has 2 heteroatoms. The molecule has 0 amide bonds. The summed E-state index contributed by atoms with van der Waals surface area (Å²) in [5, 5.41) is 12.2. The number of fused-ring (bicyclic) bond motifs is 1. The van der Waals surface area contributed by atoms with Gasteiger partial charge in [0.15, 0.2) is 0 Å². The van der Waals surface area contributed by atoms with E-state index in [1.54, 1.807) is 0 Å². The van der Waals surface area contributed by atoms with Crippen LogP contribution in [0.5, 0.6) is 0 Å². The summed E-state index contributed by atoms with van der Waals surface area (Å²) in [4.78, 5) is 12.0. The van der Waals surface area contributed by atoms with E-state index in [4.69, 9.17) is 0 Å². The van der Waals surface area contributed by atoms with Crippen LogP contribution in [-0.4, -0.2) is 11.1 Å². The maximum Gasteiger partial charge on any atom is 0.336 e. The molecule has 0 saturated heterocycles. The Bertz CT molecular complexity index is 686. The normalized spacial score (nSPS) is 11.1. The van der Waals surface area contributed by atoms with Crippen molar-refractivity contribution in [2.24, 2.45) is 0 Å². The molecular formula is C21H28O2. The van der Waals surface area contributed by atoms with Crippen LogP contribution in [0.2, 0.25) is 0 Å². The highest BCUT2D eigenvalue weighted by molar-refractivity contribution is 6.01. The van der Waals surface area contributed by atoms with Gasteiger partial charge in [-0.25, -0.2) is 4.79 Å². The van der Waals surface area contributed by atoms with Crippen LogP contribution in [0.1, 0.15) is 73.5 Å². The minimum Gasteiger partial charge on any atom is -0.478 e. The first kappa shape index (κ1) is 17.5. The summed E-state index contributed by atoms with van der Waals surface area (Å²) in [5.41, 5.74) is 3.85. The Morgan fingerprint density at radius 3 is 2.00 bits per heavy atom. The zero-order valence-corrected chi connectivity index (χ0v) is 14.6. The molecule has 23 heavy (non-hydrogen) atoms. The van der Waals surface area contributed by atoms with Crippen molar-refractivity contribution in [2.45, 2.75) is 65.7 Å². The third-order valence-corrected chi connectivity index (χ3v) is 4.75. The molecule has 0 aliphatic heterocycles. The zero-order chi connectivity index (χ0) is 16.8. The molecule has 2 aromatic rings. The van der Waals surface area contributed by atoms with E-state index >= 15 is 0 Å². The van der Waals surface area contributed by atoms with Crippen LogP contribution in [0.15, 0.2) is 24.3 Å². The summed E-state index contributed by atoms with van der Waals surface area (Å²) in [6.07, 6.45) is 7.15. The van der Waals surface area contributed by atoms with Crippen molar-refractivity contribution >= 4 is 16.7 Å². The lowest BCUT2D eigenvalue weighted by Crippen LogP contribution is -2.11. The summed E-state index contributed by atoms with van der Waals surface area (Å²) in [6, 6.07) is 8.32. The molecule has 0 aliphatic rings. The van der Waals surface area contributed by atoms with Gasteiger partial charge in [0.05, 0.1) is 5.56 Å². The topological polar surface area (TPSA) is 37.3 Å². The molecule has 0 fully saturated rings. The van der Waals surface area contributed by atoms with Crippen LogP contribution < -0.4 is 0 Å². The minimum atomic E-state index is -0.771. The van der Waals surface area contributed by atoms with E-state index in [1.165, 1.54) is 30.2 Å². The Morgan fingerprint density at radius 2 is 1.48 bits per heavy atom. The summed E-state index contributed by atoms with van der Waals surface area (Å²) < 4.78 is 0. The van der Waals surface area contributed by atoms with Crippen molar-refractivity contribution in [1.82, 2.24) is 0 Å². The molecular weight excluding hydrogens is 284 g/mol. The predicted octanol–water partition coefficient (Wildman–Crippen LogP) is 5.79. The van der Waals surface area contributed by atoms with Gasteiger partial charge in [0.25, 0.3) is 0 Å². The predicted molar refractivity (Wildman–Crippen MR) is 97.5 cm³/mol. The van der Waals surface area contributed by atoms with Crippen LogP contribution >= 0.6 is 0 Å². The number of unbranched alkanes of at least 4 members (excludes halogenated alkanes) is 3. The molecule has 124 valence electrons. The smallest absolute Gasteiger partial charge is 0.336 e. The molecule has 0 spiro atoms. The molecule has 1 N–H and O–H groups in total. The summed E-state index contributed by atoms with van der Waals surface area (Å²) in [5.74, 6) is -0.771. The fraction of sp³-hybridized carbons (Fsp3) is 0.476. The molecule has 0 aromatic heterocycles. The Hall–Kier alpha value is -1.83. The Labute approximate surface area is 139 Å². The van der Waals surface area contributed by atoms with E-state index in [2.05, 4.69) is 39.0 Å². The Morgan fingerprint density at radius 1 is 0.870 bits per heavy atom. The second kappa shape index (κ2) is 8.14. The van der Waals surface area contributed by atoms with Gasteiger partial charge in [0.2, 0.25) is 0 Å². The third-order valence-electron chi connectivity index (χ3n) is 4.75. The van der Waals surface area contributed by atoms with Crippen molar-refractivity contribution < 1.29 is 9.90 Å². The largest absolute Gasteiger partial charge is 0.478 e. The highest BCUT2D eigenvalue weighted by Gasteiger charge is 2.21. The number of benzene rings is 2. The van der Waals surface area contributed by atoms with Gasteiger partial charge < -0.3 is 5.11 Å². The van der Waals surface area contributed by atoms with Gasteiger partial charge in [-0.3, -0.25) is 0 Å². The van der Waals surface area contributed by atoms with Crippen LogP contribution in [-0.2, 0) is 19.3 Å². The van der Waals surface area contributed by atoms with Gasteiger partial charge in [-0.15, -0.1) is 0 Å². The molecule has 2 aromatic carbocycles. The monoisotopic (exact) mass is 312 g/mol. The van der Waals surface area contributed by atoms with Crippen LogP contribution in [0.25, 0.3) is 10.8 Å². The van der Waals surface area contributed by atoms with Gasteiger partial charge in [0.1, 0.15) is 0 Å². The molecule has 0 aliphatic carbocycles. The summed E-state index contributed by atoms with van der Waals surface area (Å²) in [7, 11) is 0. The molecule has 2 rings (SSSR count). The lowest BCUT2D eigenvalue weighted by Gasteiger charge is -2.19. The molecule has 2 nitrogen and oxygen atoms in total. The Kier molecular flexibility index (Phi) is 6.20. The average Bonchev–Trinajstić information content (AvgIpc) is 2.57. The number of hydrogen-bond donors (Lipinski definition) is 1. The molecule has 0 bridgehead atoms. The lowest BCUT2D eigenvalue weighted by atomic mass is 9.85. The van der Waals surface area contributed by atoms with Crippen LogP contribution in [0, 0.1) is 0 Å². The van der Waals surface area contributed by atoms with E-state index in [0.29, 0.717) is 5.56 Å². The fourth-order valence-corrected chi connectivity index (χ4v) is 3.68. The molecule has 0 saturated carbocycles. The van der Waals surface area contributed by atoms with Crippen molar-refractivity contribution in [1.29, 1.82) is 0 Å². The lowest BCUT2D eigenvalue weighted by molar-refractivity contribution is 0.0694. The zero-order valence-electron chi connectivity index (χ0n) is 14.6. The average molecular weight is 312 g/mol. The summed E-state index contributed by atoms with van der Waals surface area (Å²) in [6.45, 7) is 6.38. The first-order valence-electron chi connectivity index (χ1n) is 8.94. The number of carboxylic acids is 1. The highest BCUT2D eigenvalue weighted by atomic mass is 16.4. The van der Waals surface area contributed by atoms with Gasteiger partial charge in [-0.1, -0.05) is 64.3 Å². The maximum absolute atomic E-state index is 12.0. The maximum atomic E-state index is 12.0. The fourth-order valence-electron chi connectivity index (χ4n) is 3.68. The third kappa shape index (κ3) is 3.57. The quantitative estimate of drug-likeness (QED) is 0.627. The van der Waals surface area contributed by atoms with E-state index in [0.717, 1.165) is 42.2 Å². The van der Waals surface area contributed by atoms with E-state index in [-0.39, 0.29) is 0 Å². The highest BCUT2D eigenvalue weighted by Crippen LogP contribution is 2.33. The van der Waals surface area contributed by atoms with Crippen LogP contribution in [0.4, 0.5) is 0 Å². The van der Waals surface area contributed by atoms with Crippen molar-refractivity contribution in [3.05, 3.63) is 46.5 Å². The summed E-state index contributed by atoms with van der Waals surface area (Å²) >= 11 is 0. The van der Waals surface area contributed by atoms with Gasteiger partial charge in [-0.05, 0) is 53.1 Å². The molecule has 0 unspecified atom stereocenters. The van der Waals surface area contributed by atoms with Crippen LogP contribution in [0.3, 0.4) is 0 Å². The van der Waals surface area contributed by atoms with Crippen molar-refractivity contribution in [2.75, 3.05) is 0 Å². The number of hydrogen-bond acceptors (Lipinski definition) is 1. The number of rotatable bonds is 8. The number of carbonyl (C=O) groups is 1. The first-order chi connectivity index (χ1) is 11.2. The Balaban J connectivity index is 2.65. The van der Waals surface area contributed by atoms with Crippen molar-refractivity contribution in [3.8, 4) is 0 Å². The van der Waals surface area contributed by atoms with E-state index in [1.807, 2.05) is 6.07 Å². The standard InChI is InChI=1S/C21H28O2/c1-4-7-8-9-14-19-18-13-11-10-12-17(18)15(5-2)16(6-3)20(19)21(22)23/h10-13H,4-9,14H2,1-3H3,(H,22,23). The van der Waals surface area contributed by atoms with E-state index in [9.17, 15) is 9.90 Å². The second-order valence-electron chi connectivity index (χ2n) is 6.18. The minimum absolute atomic E-state index is 0.569. The number of aryl methyl sites for hydroxylation is 2. The molecule has 0 radical (unpaired) electrons. The van der Waals surface area contributed by atoms with Gasteiger partial charge in [0, 0.05) is 0 Å². The number of aromatic carboxylic acids is 1. The SMILES string of the molecule is CCCCCCc1c(C(=O)O)c(CC)c(CC)c2ccccc12. The molecule has 0 atom stereocenters. The van der Waals surface area contributed by atoms with Gasteiger partial charge >= 0.3 is 5.97 Å². The van der Waals surface area contributed by atoms with Crippen molar-refractivity contribution in [3.63, 3.8) is 0 Å². The second-order valence-corrected chi connectivity index (χ2v) is 6.18. The number of carboxylic acid groups (broad SMARTS) is 1. The van der Waals surface area contributed by atoms with E-state index < -0.39 is 5.97 Å². The molecule has 0 heterocycles. The first-order valence-corrected chi connectivity index (χ1v) is 8.94. The van der Waals surface area contributed by atoms with Gasteiger partial charge in [-0.2, -0.15) is 0 Å².